The van der Waals surface area contributed by atoms with Gasteiger partial charge in [0, 0.05) is 11.7 Å². The third kappa shape index (κ3) is 3.01. The third-order valence-corrected chi connectivity index (χ3v) is 2.56. The Morgan fingerprint density at radius 1 is 1.31 bits per heavy atom. The molecule has 13 heavy (non-hydrogen) atoms. The summed E-state index contributed by atoms with van der Waals surface area (Å²) in [5.41, 5.74) is 7.07. The smallest absolute Gasteiger partial charge is 0.106 e. The van der Waals surface area contributed by atoms with Crippen molar-refractivity contribution in [3.05, 3.63) is 28.5 Å². The van der Waals surface area contributed by atoms with Crippen LogP contribution < -0.4 is 5.73 Å². The summed E-state index contributed by atoms with van der Waals surface area (Å²) >= 11 is 3.28. The minimum atomic E-state index is -0.0479. The first-order valence-electron chi connectivity index (χ1n) is 3.62. The standard InChI is InChI=1S/C8H9BrN2.2BrH/c9-7-2-1-6(5-11-7)8(10)3-4-8;;/h1-2,5H,3-4,10H2;2*1H. The van der Waals surface area contributed by atoms with Gasteiger partial charge in [-0.2, -0.15) is 0 Å². The summed E-state index contributed by atoms with van der Waals surface area (Å²) in [7, 11) is 0. The second-order valence-corrected chi connectivity index (χ2v) is 3.84. The Bertz CT molecular complexity index is 269. The van der Waals surface area contributed by atoms with Gasteiger partial charge in [0.1, 0.15) is 4.60 Å². The molecule has 0 aromatic carbocycles. The van der Waals surface area contributed by atoms with Crippen LogP contribution in [0.25, 0.3) is 0 Å². The van der Waals surface area contributed by atoms with Crippen molar-refractivity contribution in [3.63, 3.8) is 0 Å². The average molecular weight is 375 g/mol. The molecule has 0 radical (unpaired) electrons. The summed E-state index contributed by atoms with van der Waals surface area (Å²) in [6, 6.07) is 3.96. The Kier molecular flexibility index (Phi) is 5.07. The van der Waals surface area contributed by atoms with Gasteiger partial charge in [-0.3, -0.25) is 0 Å². The van der Waals surface area contributed by atoms with Gasteiger partial charge in [-0.15, -0.1) is 34.0 Å². The lowest BCUT2D eigenvalue weighted by atomic mass is 10.1. The topological polar surface area (TPSA) is 38.9 Å². The fourth-order valence-corrected chi connectivity index (χ4v) is 1.33. The highest BCUT2D eigenvalue weighted by atomic mass is 79.9. The first kappa shape index (κ1) is 13.5. The molecule has 1 fully saturated rings. The van der Waals surface area contributed by atoms with E-state index in [9.17, 15) is 0 Å². The fraction of sp³-hybridized carbons (Fsp3) is 0.375. The Balaban J connectivity index is 0.000000720. The van der Waals surface area contributed by atoms with E-state index in [0.717, 1.165) is 23.0 Å². The average Bonchev–Trinajstić information content (AvgIpc) is 2.70. The molecule has 1 aliphatic rings. The number of halogens is 3. The maximum atomic E-state index is 5.96. The summed E-state index contributed by atoms with van der Waals surface area (Å²) in [4.78, 5) is 4.12. The molecule has 2 N–H and O–H groups in total. The lowest BCUT2D eigenvalue weighted by Crippen LogP contribution is -2.18. The molecule has 2 rings (SSSR count). The van der Waals surface area contributed by atoms with E-state index in [1.165, 1.54) is 0 Å². The molecule has 0 saturated heterocycles. The van der Waals surface area contributed by atoms with Crippen molar-refractivity contribution < 1.29 is 0 Å². The lowest BCUT2D eigenvalue weighted by Gasteiger charge is -2.06. The van der Waals surface area contributed by atoms with Crippen LogP contribution in [0.5, 0.6) is 0 Å². The first-order valence-corrected chi connectivity index (χ1v) is 4.41. The largest absolute Gasteiger partial charge is 0.321 e. The maximum absolute atomic E-state index is 5.96. The van der Waals surface area contributed by atoms with Crippen LogP contribution in [0.4, 0.5) is 0 Å². The number of pyridine rings is 1. The molecule has 0 bridgehead atoms. The number of rotatable bonds is 1. The fourth-order valence-electron chi connectivity index (χ4n) is 1.09. The van der Waals surface area contributed by atoms with Crippen LogP contribution in [0.15, 0.2) is 22.9 Å². The second-order valence-electron chi connectivity index (χ2n) is 3.03. The molecule has 1 saturated carbocycles. The Morgan fingerprint density at radius 3 is 2.31 bits per heavy atom. The van der Waals surface area contributed by atoms with Crippen LogP contribution in [0.1, 0.15) is 18.4 Å². The molecule has 0 amide bonds. The molecule has 0 spiro atoms. The maximum Gasteiger partial charge on any atom is 0.106 e. The number of hydrogen-bond donors (Lipinski definition) is 1. The van der Waals surface area contributed by atoms with E-state index < -0.39 is 0 Å². The Morgan fingerprint density at radius 2 is 1.92 bits per heavy atom. The number of nitrogens with zero attached hydrogens (tertiary/aromatic N) is 1. The highest BCUT2D eigenvalue weighted by molar-refractivity contribution is 9.10. The molecular weight excluding hydrogens is 364 g/mol. The number of nitrogens with two attached hydrogens (primary N) is 1. The molecule has 5 heteroatoms. The third-order valence-electron chi connectivity index (χ3n) is 2.09. The van der Waals surface area contributed by atoms with Crippen LogP contribution in [0, 0.1) is 0 Å². The number of hydrogen-bond acceptors (Lipinski definition) is 2. The molecule has 74 valence electrons. The van der Waals surface area contributed by atoms with Gasteiger partial charge >= 0.3 is 0 Å². The molecule has 2 nitrogen and oxygen atoms in total. The van der Waals surface area contributed by atoms with Gasteiger partial charge in [0.25, 0.3) is 0 Å². The summed E-state index contributed by atoms with van der Waals surface area (Å²) in [5, 5.41) is 0. The summed E-state index contributed by atoms with van der Waals surface area (Å²) in [5.74, 6) is 0. The zero-order chi connectivity index (χ0) is 7.90. The van der Waals surface area contributed by atoms with Crippen LogP contribution in [0.2, 0.25) is 0 Å². The minimum Gasteiger partial charge on any atom is -0.321 e. The van der Waals surface area contributed by atoms with Gasteiger partial charge in [0.15, 0.2) is 0 Å². The quantitative estimate of drug-likeness (QED) is 0.767. The van der Waals surface area contributed by atoms with E-state index in [4.69, 9.17) is 5.73 Å². The molecule has 0 atom stereocenters. The molecule has 1 aliphatic carbocycles. The van der Waals surface area contributed by atoms with Crippen LogP contribution in [-0.2, 0) is 5.54 Å². The van der Waals surface area contributed by atoms with Gasteiger partial charge in [0.05, 0.1) is 0 Å². The van der Waals surface area contributed by atoms with Gasteiger partial charge in [-0.05, 0) is 40.4 Å². The Labute approximate surface area is 107 Å². The van der Waals surface area contributed by atoms with Crippen molar-refractivity contribution in [1.29, 1.82) is 0 Å². The molecule has 1 heterocycles. The van der Waals surface area contributed by atoms with Gasteiger partial charge < -0.3 is 5.73 Å². The van der Waals surface area contributed by atoms with Crippen molar-refractivity contribution in [1.82, 2.24) is 4.98 Å². The lowest BCUT2D eigenvalue weighted by molar-refractivity contribution is 0.734. The van der Waals surface area contributed by atoms with Crippen molar-refractivity contribution in [2.24, 2.45) is 5.73 Å². The normalized spacial score (nSPS) is 16.8. The van der Waals surface area contributed by atoms with Crippen LogP contribution >= 0.6 is 49.9 Å². The monoisotopic (exact) mass is 372 g/mol. The highest BCUT2D eigenvalue weighted by Gasteiger charge is 2.40. The predicted octanol–water partition coefficient (Wildman–Crippen LogP) is 2.95. The van der Waals surface area contributed by atoms with E-state index in [2.05, 4.69) is 20.9 Å². The Hall–Kier alpha value is 0.550. The molecule has 0 unspecified atom stereocenters. The summed E-state index contributed by atoms with van der Waals surface area (Å²) in [6.45, 7) is 0. The van der Waals surface area contributed by atoms with Gasteiger partial charge in [-0.1, -0.05) is 6.07 Å². The molecule has 1 aromatic rings. The number of aromatic nitrogens is 1. The summed E-state index contributed by atoms with van der Waals surface area (Å²) < 4.78 is 0.866. The molecule has 1 aromatic heterocycles. The zero-order valence-electron chi connectivity index (χ0n) is 6.87. The van der Waals surface area contributed by atoms with E-state index in [1.54, 1.807) is 0 Å². The highest BCUT2D eigenvalue weighted by Crippen LogP contribution is 2.42. The van der Waals surface area contributed by atoms with Crippen molar-refractivity contribution >= 4 is 49.9 Å². The van der Waals surface area contributed by atoms with Crippen molar-refractivity contribution in [2.75, 3.05) is 0 Å². The molecular formula is C8H11Br3N2. The van der Waals surface area contributed by atoms with E-state index >= 15 is 0 Å². The van der Waals surface area contributed by atoms with E-state index in [0.29, 0.717) is 0 Å². The van der Waals surface area contributed by atoms with Crippen molar-refractivity contribution in [2.45, 2.75) is 18.4 Å². The van der Waals surface area contributed by atoms with Crippen LogP contribution in [0.3, 0.4) is 0 Å². The van der Waals surface area contributed by atoms with E-state index in [1.807, 2.05) is 18.3 Å². The second kappa shape index (κ2) is 4.87. The summed E-state index contributed by atoms with van der Waals surface area (Å²) in [6.07, 6.45) is 4.03. The zero-order valence-corrected chi connectivity index (χ0v) is 11.9. The van der Waals surface area contributed by atoms with Crippen molar-refractivity contribution in [3.8, 4) is 0 Å². The SMILES string of the molecule is Br.Br.NC1(c2ccc(Br)nc2)CC1. The van der Waals surface area contributed by atoms with E-state index in [-0.39, 0.29) is 39.5 Å². The van der Waals surface area contributed by atoms with Crippen LogP contribution in [-0.4, -0.2) is 4.98 Å². The first-order chi connectivity index (χ1) is 5.21. The van der Waals surface area contributed by atoms with Gasteiger partial charge in [-0.25, -0.2) is 4.98 Å². The minimum absolute atomic E-state index is 0. The predicted molar refractivity (Wildman–Crippen MR) is 67.7 cm³/mol. The van der Waals surface area contributed by atoms with Gasteiger partial charge in [0.2, 0.25) is 0 Å². The molecule has 0 aliphatic heterocycles.